The van der Waals surface area contributed by atoms with E-state index in [1.165, 1.54) is 13.2 Å². The lowest BCUT2D eigenvalue weighted by Gasteiger charge is -2.00. The molecule has 0 amide bonds. The Morgan fingerprint density at radius 3 is 2.59 bits per heavy atom. The molecule has 1 aromatic rings. The average molecular weight is 235 g/mol. The molecule has 0 aliphatic heterocycles. The molecule has 1 aromatic carbocycles. The van der Waals surface area contributed by atoms with Crippen LogP contribution in [0, 0.1) is 0 Å². The van der Waals surface area contributed by atoms with Gasteiger partial charge in [-0.3, -0.25) is 0 Å². The minimum absolute atomic E-state index is 0.0907. The number of hydrogen-bond acceptors (Lipinski definition) is 3. The Morgan fingerprint density at radius 2 is 2.00 bits per heavy atom. The maximum Gasteiger partial charge on any atom is 0.337 e. The van der Waals surface area contributed by atoms with E-state index in [4.69, 9.17) is 17.2 Å². The fourth-order valence-corrected chi connectivity index (χ4v) is 1.11. The first-order chi connectivity index (χ1) is 8.02. The minimum atomic E-state index is -0.456. The summed E-state index contributed by atoms with van der Waals surface area (Å²) >= 11 is 0. The molecule has 6 N–H and O–H groups in total. The Kier molecular flexibility index (Phi) is 4.04. The fourth-order valence-electron chi connectivity index (χ4n) is 1.11. The Balaban J connectivity index is 3.00. The van der Waals surface area contributed by atoms with Crippen molar-refractivity contribution in [3.8, 4) is 0 Å². The average Bonchev–Trinajstić information content (AvgIpc) is 2.27. The number of carbonyl (C=O) groups is 1. The first-order valence-electron chi connectivity index (χ1n) is 4.65. The van der Waals surface area contributed by atoms with Crippen molar-refractivity contribution >= 4 is 23.6 Å². The van der Waals surface area contributed by atoms with Gasteiger partial charge in [-0.05, 0) is 18.2 Å². The van der Waals surface area contributed by atoms with Crippen molar-refractivity contribution in [3.63, 3.8) is 0 Å². The highest BCUT2D eigenvalue weighted by Crippen LogP contribution is 2.14. The second-order valence-corrected chi connectivity index (χ2v) is 3.05. The van der Waals surface area contributed by atoms with Crippen molar-refractivity contribution in [1.82, 2.24) is 0 Å². The molecule has 0 bridgehead atoms. The SMILES string of the molecule is COC(=O)c1cccc(N=C(N)N=C(N)N)c1. The highest BCUT2D eigenvalue weighted by Gasteiger charge is 2.05. The summed E-state index contributed by atoms with van der Waals surface area (Å²) in [6.07, 6.45) is 0. The van der Waals surface area contributed by atoms with Gasteiger partial charge in [0.15, 0.2) is 5.96 Å². The number of methoxy groups -OCH3 is 1. The van der Waals surface area contributed by atoms with Crippen molar-refractivity contribution in [2.45, 2.75) is 0 Å². The van der Waals surface area contributed by atoms with Gasteiger partial charge in [0.25, 0.3) is 0 Å². The van der Waals surface area contributed by atoms with Gasteiger partial charge in [-0.15, -0.1) is 0 Å². The van der Waals surface area contributed by atoms with Gasteiger partial charge in [-0.25, -0.2) is 9.79 Å². The summed E-state index contributed by atoms with van der Waals surface area (Å²) in [5, 5.41) is 0. The van der Waals surface area contributed by atoms with E-state index >= 15 is 0 Å². The van der Waals surface area contributed by atoms with E-state index in [0.717, 1.165) is 0 Å². The molecule has 0 radical (unpaired) electrons. The predicted molar refractivity (Wildman–Crippen MR) is 64.9 cm³/mol. The minimum Gasteiger partial charge on any atom is -0.465 e. The van der Waals surface area contributed by atoms with Gasteiger partial charge in [0.1, 0.15) is 0 Å². The van der Waals surface area contributed by atoms with E-state index in [1.54, 1.807) is 18.2 Å². The number of ether oxygens (including phenoxy) is 1. The summed E-state index contributed by atoms with van der Waals surface area (Å²) in [6, 6.07) is 6.41. The van der Waals surface area contributed by atoms with Crippen LogP contribution in [0.5, 0.6) is 0 Å². The number of carbonyl (C=O) groups excluding carboxylic acids is 1. The first-order valence-corrected chi connectivity index (χ1v) is 4.65. The summed E-state index contributed by atoms with van der Waals surface area (Å²) in [7, 11) is 1.30. The Bertz CT molecular complexity index is 477. The number of benzene rings is 1. The van der Waals surface area contributed by atoms with Crippen LogP contribution in [0.25, 0.3) is 0 Å². The third kappa shape index (κ3) is 3.82. The molecule has 0 unspecified atom stereocenters. The monoisotopic (exact) mass is 235 g/mol. The third-order valence-electron chi connectivity index (χ3n) is 1.75. The number of aliphatic imine (C=N–C) groups is 2. The number of rotatable bonds is 2. The van der Waals surface area contributed by atoms with E-state index < -0.39 is 5.97 Å². The number of nitrogens with two attached hydrogens (primary N) is 3. The lowest BCUT2D eigenvalue weighted by molar-refractivity contribution is 0.0601. The second-order valence-electron chi connectivity index (χ2n) is 3.05. The van der Waals surface area contributed by atoms with Crippen molar-refractivity contribution in [1.29, 1.82) is 0 Å². The molecule has 0 fully saturated rings. The summed E-state index contributed by atoms with van der Waals surface area (Å²) in [4.78, 5) is 18.7. The fraction of sp³-hybridized carbons (Fsp3) is 0.100. The number of guanidine groups is 2. The van der Waals surface area contributed by atoms with Crippen LogP contribution < -0.4 is 17.2 Å². The largest absolute Gasteiger partial charge is 0.465 e. The molecule has 90 valence electrons. The number of hydrogen-bond donors (Lipinski definition) is 3. The van der Waals surface area contributed by atoms with Crippen LogP contribution in [-0.2, 0) is 4.74 Å². The molecular formula is C10H13N5O2. The van der Waals surface area contributed by atoms with Crippen LogP contribution in [0.2, 0.25) is 0 Å². The summed E-state index contributed by atoms with van der Waals surface area (Å²) in [5.41, 5.74) is 16.6. The molecule has 0 aliphatic carbocycles. The van der Waals surface area contributed by atoms with Crippen molar-refractivity contribution in [3.05, 3.63) is 29.8 Å². The van der Waals surface area contributed by atoms with Crippen LogP contribution in [0.15, 0.2) is 34.3 Å². The summed E-state index contributed by atoms with van der Waals surface area (Å²) in [6.45, 7) is 0. The lowest BCUT2D eigenvalue weighted by atomic mass is 10.2. The Morgan fingerprint density at radius 1 is 1.29 bits per heavy atom. The van der Waals surface area contributed by atoms with Crippen molar-refractivity contribution in [2.24, 2.45) is 27.2 Å². The highest BCUT2D eigenvalue weighted by atomic mass is 16.5. The van der Waals surface area contributed by atoms with E-state index in [-0.39, 0.29) is 11.9 Å². The van der Waals surface area contributed by atoms with Crippen LogP contribution in [0.1, 0.15) is 10.4 Å². The zero-order chi connectivity index (χ0) is 12.8. The standard InChI is InChI=1S/C10H13N5O2/c1-17-8(16)6-3-2-4-7(5-6)14-10(13)15-9(11)12/h2-5H,1H3,(H6,11,12,13,14,15). The molecule has 0 aliphatic rings. The van der Waals surface area contributed by atoms with E-state index in [1.807, 2.05) is 0 Å². The molecule has 0 atom stereocenters. The van der Waals surface area contributed by atoms with Gasteiger partial charge in [0, 0.05) is 0 Å². The van der Waals surface area contributed by atoms with Crippen molar-refractivity contribution < 1.29 is 9.53 Å². The molecule has 0 spiro atoms. The number of esters is 1. The molecule has 0 heterocycles. The molecule has 0 saturated heterocycles. The smallest absolute Gasteiger partial charge is 0.337 e. The maximum atomic E-state index is 11.3. The van der Waals surface area contributed by atoms with Gasteiger partial charge < -0.3 is 21.9 Å². The van der Waals surface area contributed by atoms with E-state index in [9.17, 15) is 4.79 Å². The third-order valence-corrected chi connectivity index (χ3v) is 1.75. The van der Waals surface area contributed by atoms with Crippen molar-refractivity contribution in [2.75, 3.05) is 7.11 Å². The zero-order valence-electron chi connectivity index (χ0n) is 9.25. The second kappa shape index (κ2) is 5.50. The van der Waals surface area contributed by atoms with Gasteiger partial charge >= 0.3 is 5.97 Å². The summed E-state index contributed by atoms with van der Waals surface area (Å²) in [5.74, 6) is -0.732. The van der Waals surface area contributed by atoms with E-state index in [0.29, 0.717) is 11.3 Å². The molecular weight excluding hydrogens is 222 g/mol. The molecule has 0 saturated carbocycles. The van der Waals surface area contributed by atoms with Gasteiger partial charge in [-0.2, -0.15) is 4.99 Å². The normalized spacial score (nSPS) is 10.8. The van der Waals surface area contributed by atoms with Gasteiger partial charge in [0.2, 0.25) is 5.96 Å². The molecule has 1 rings (SSSR count). The molecule has 7 nitrogen and oxygen atoms in total. The van der Waals surface area contributed by atoms with E-state index in [2.05, 4.69) is 14.7 Å². The Labute approximate surface area is 98.0 Å². The Hall–Kier alpha value is -2.57. The van der Waals surface area contributed by atoms with Crippen LogP contribution in [-0.4, -0.2) is 25.0 Å². The van der Waals surface area contributed by atoms with Crippen LogP contribution in [0.4, 0.5) is 5.69 Å². The topological polar surface area (TPSA) is 129 Å². The molecule has 0 aromatic heterocycles. The van der Waals surface area contributed by atoms with Crippen LogP contribution >= 0.6 is 0 Å². The number of nitrogens with zero attached hydrogens (tertiary/aromatic N) is 2. The molecule has 7 heteroatoms. The molecule has 17 heavy (non-hydrogen) atoms. The predicted octanol–water partition coefficient (Wildman–Crippen LogP) is -0.307. The quantitative estimate of drug-likeness (QED) is 0.368. The highest BCUT2D eigenvalue weighted by molar-refractivity contribution is 5.94. The maximum absolute atomic E-state index is 11.3. The first kappa shape index (κ1) is 12.5. The van der Waals surface area contributed by atoms with Gasteiger partial charge in [-0.1, -0.05) is 6.07 Å². The van der Waals surface area contributed by atoms with Gasteiger partial charge in [0.05, 0.1) is 18.4 Å². The zero-order valence-corrected chi connectivity index (χ0v) is 9.25. The summed E-state index contributed by atoms with van der Waals surface area (Å²) < 4.78 is 4.57. The lowest BCUT2D eigenvalue weighted by Crippen LogP contribution is -2.26. The van der Waals surface area contributed by atoms with Crippen LogP contribution in [0.3, 0.4) is 0 Å².